The second-order valence-corrected chi connectivity index (χ2v) is 3.95. The third-order valence-electron chi connectivity index (χ3n) is 2.23. The molecule has 0 saturated heterocycles. The van der Waals surface area contributed by atoms with Crippen LogP contribution in [0.15, 0.2) is 36.5 Å². The van der Waals surface area contributed by atoms with Crippen LogP contribution in [0.2, 0.25) is 0 Å². The molecule has 80 valence electrons. The van der Waals surface area contributed by atoms with Gasteiger partial charge in [-0.3, -0.25) is 9.88 Å². The highest BCUT2D eigenvalue weighted by Gasteiger charge is 1.93. The lowest BCUT2D eigenvalue weighted by atomic mass is 10.1. The SMILES string of the molecule is CN(C)CC#Cc1ccc2ncccc2c1. The minimum absolute atomic E-state index is 0.783. The highest BCUT2D eigenvalue weighted by Crippen LogP contribution is 2.12. The Balaban J connectivity index is 2.28. The van der Waals surface area contributed by atoms with Crippen LogP contribution in [0.3, 0.4) is 0 Å². The van der Waals surface area contributed by atoms with Gasteiger partial charge in [-0.1, -0.05) is 17.9 Å². The highest BCUT2D eigenvalue weighted by molar-refractivity contribution is 5.79. The Hall–Kier alpha value is -1.85. The Bertz CT molecular complexity index is 547. The van der Waals surface area contributed by atoms with Gasteiger partial charge >= 0.3 is 0 Å². The summed E-state index contributed by atoms with van der Waals surface area (Å²) in [6.07, 6.45) is 1.81. The summed E-state index contributed by atoms with van der Waals surface area (Å²) in [5, 5.41) is 1.14. The molecule has 0 fully saturated rings. The minimum Gasteiger partial charge on any atom is -0.299 e. The number of aromatic nitrogens is 1. The molecule has 2 rings (SSSR count). The Morgan fingerprint density at radius 2 is 2.12 bits per heavy atom. The van der Waals surface area contributed by atoms with Crippen LogP contribution in [-0.2, 0) is 0 Å². The van der Waals surface area contributed by atoms with E-state index in [0.717, 1.165) is 23.0 Å². The van der Waals surface area contributed by atoms with Gasteiger partial charge in [-0.15, -0.1) is 0 Å². The van der Waals surface area contributed by atoms with Crippen molar-refractivity contribution in [1.82, 2.24) is 9.88 Å². The van der Waals surface area contributed by atoms with E-state index in [1.54, 1.807) is 6.20 Å². The van der Waals surface area contributed by atoms with Gasteiger partial charge in [0, 0.05) is 17.1 Å². The molecule has 0 aliphatic rings. The quantitative estimate of drug-likeness (QED) is 0.670. The Labute approximate surface area is 95.9 Å². The maximum atomic E-state index is 4.27. The molecule has 2 heteroatoms. The molecule has 0 saturated carbocycles. The van der Waals surface area contributed by atoms with Crippen molar-refractivity contribution >= 4 is 10.9 Å². The average Bonchev–Trinajstić information content (AvgIpc) is 2.28. The maximum Gasteiger partial charge on any atom is 0.0702 e. The first kappa shape index (κ1) is 10.7. The summed E-state index contributed by atoms with van der Waals surface area (Å²) in [7, 11) is 4.03. The molecule has 2 nitrogen and oxygen atoms in total. The number of nitrogens with zero attached hydrogens (tertiary/aromatic N) is 2. The van der Waals surface area contributed by atoms with Gasteiger partial charge in [0.1, 0.15) is 0 Å². The van der Waals surface area contributed by atoms with E-state index >= 15 is 0 Å². The van der Waals surface area contributed by atoms with Crippen LogP contribution < -0.4 is 0 Å². The zero-order chi connectivity index (χ0) is 11.4. The van der Waals surface area contributed by atoms with Crippen LogP contribution in [0, 0.1) is 11.8 Å². The lowest BCUT2D eigenvalue weighted by Gasteiger charge is -2.01. The molecule has 0 N–H and O–H groups in total. The minimum atomic E-state index is 0.783. The van der Waals surface area contributed by atoms with E-state index in [1.807, 2.05) is 32.3 Å². The molecule has 1 heterocycles. The van der Waals surface area contributed by atoms with E-state index in [0.29, 0.717) is 0 Å². The van der Waals surface area contributed by atoms with E-state index in [4.69, 9.17) is 0 Å². The van der Waals surface area contributed by atoms with Gasteiger partial charge < -0.3 is 0 Å². The number of pyridine rings is 1. The molecule has 1 aromatic carbocycles. The summed E-state index contributed by atoms with van der Waals surface area (Å²) in [6.45, 7) is 0.783. The summed E-state index contributed by atoms with van der Waals surface area (Å²) >= 11 is 0. The van der Waals surface area contributed by atoms with Gasteiger partial charge in [-0.05, 0) is 38.4 Å². The molecule has 0 radical (unpaired) electrons. The van der Waals surface area contributed by atoms with Crippen molar-refractivity contribution < 1.29 is 0 Å². The van der Waals surface area contributed by atoms with Crippen molar-refractivity contribution in [1.29, 1.82) is 0 Å². The topological polar surface area (TPSA) is 16.1 Å². The van der Waals surface area contributed by atoms with Crippen molar-refractivity contribution in [3.8, 4) is 11.8 Å². The van der Waals surface area contributed by atoms with E-state index in [2.05, 4.69) is 33.9 Å². The third kappa shape index (κ3) is 2.59. The van der Waals surface area contributed by atoms with Crippen molar-refractivity contribution in [2.45, 2.75) is 0 Å². The van der Waals surface area contributed by atoms with Gasteiger partial charge in [-0.2, -0.15) is 0 Å². The van der Waals surface area contributed by atoms with Gasteiger partial charge in [0.2, 0.25) is 0 Å². The van der Waals surface area contributed by atoms with Crippen LogP contribution in [-0.4, -0.2) is 30.5 Å². The van der Waals surface area contributed by atoms with Crippen molar-refractivity contribution in [3.05, 3.63) is 42.1 Å². The summed E-state index contributed by atoms with van der Waals surface area (Å²) in [5.74, 6) is 6.27. The fourth-order valence-electron chi connectivity index (χ4n) is 1.45. The Kier molecular flexibility index (Phi) is 3.19. The fraction of sp³-hybridized carbons (Fsp3) is 0.214. The van der Waals surface area contributed by atoms with E-state index in [1.165, 1.54) is 0 Å². The molecule has 0 bridgehead atoms. The molecule has 0 spiro atoms. The van der Waals surface area contributed by atoms with Crippen LogP contribution in [0.1, 0.15) is 5.56 Å². The Morgan fingerprint density at radius 1 is 1.25 bits per heavy atom. The molecule has 0 aliphatic heterocycles. The van der Waals surface area contributed by atoms with Crippen LogP contribution >= 0.6 is 0 Å². The average molecular weight is 210 g/mol. The first-order chi connectivity index (χ1) is 7.75. The highest BCUT2D eigenvalue weighted by atomic mass is 15.0. The third-order valence-corrected chi connectivity index (χ3v) is 2.23. The lowest BCUT2D eigenvalue weighted by Crippen LogP contribution is -2.10. The zero-order valence-electron chi connectivity index (χ0n) is 9.57. The normalized spacial score (nSPS) is 10.2. The monoisotopic (exact) mass is 210 g/mol. The first-order valence-corrected chi connectivity index (χ1v) is 5.24. The number of hydrogen-bond donors (Lipinski definition) is 0. The molecular weight excluding hydrogens is 196 g/mol. The van der Waals surface area contributed by atoms with Crippen LogP contribution in [0.25, 0.3) is 10.9 Å². The first-order valence-electron chi connectivity index (χ1n) is 5.24. The standard InChI is InChI=1S/C14H14N2/c1-16(2)10-4-5-12-7-8-14-13(11-12)6-3-9-15-14/h3,6-9,11H,10H2,1-2H3. The van der Waals surface area contributed by atoms with Crippen LogP contribution in [0.4, 0.5) is 0 Å². The maximum absolute atomic E-state index is 4.27. The van der Waals surface area contributed by atoms with Crippen molar-refractivity contribution in [2.75, 3.05) is 20.6 Å². The van der Waals surface area contributed by atoms with Gasteiger partial charge in [0.15, 0.2) is 0 Å². The van der Waals surface area contributed by atoms with Gasteiger partial charge in [-0.25, -0.2) is 0 Å². The van der Waals surface area contributed by atoms with Gasteiger partial charge in [0.05, 0.1) is 12.1 Å². The number of rotatable bonds is 1. The summed E-state index contributed by atoms with van der Waals surface area (Å²) < 4.78 is 0. The molecule has 0 unspecified atom stereocenters. The summed E-state index contributed by atoms with van der Waals surface area (Å²) in [6, 6.07) is 10.1. The number of benzene rings is 1. The number of hydrogen-bond acceptors (Lipinski definition) is 2. The van der Waals surface area contributed by atoms with Gasteiger partial charge in [0.25, 0.3) is 0 Å². The second-order valence-electron chi connectivity index (χ2n) is 3.95. The summed E-state index contributed by atoms with van der Waals surface area (Å²) in [5.41, 5.74) is 2.06. The molecule has 16 heavy (non-hydrogen) atoms. The van der Waals surface area contributed by atoms with E-state index in [-0.39, 0.29) is 0 Å². The number of fused-ring (bicyclic) bond motifs is 1. The molecular formula is C14H14N2. The smallest absolute Gasteiger partial charge is 0.0702 e. The predicted molar refractivity (Wildman–Crippen MR) is 67.2 cm³/mol. The van der Waals surface area contributed by atoms with Crippen molar-refractivity contribution in [3.63, 3.8) is 0 Å². The zero-order valence-corrected chi connectivity index (χ0v) is 9.57. The fourth-order valence-corrected chi connectivity index (χ4v) is 1.45. The van der Waals surface area contributed by atoms with E-state index < -0.39 is 0 Å². The second kappa shape index (κ2) is 4.78. The van der Waals surface area contributed by atoms with E-state index in [9.17, 15) is 0 Å². The molecule has 2 aromatic rings. The van der Waals surface area contributed by atoms with Crippen molar-refractivity contribution in [2.24, 2.45) is 0 Å². The molecule has 0 aliphatic carbocycles. The summed E-state index contributed by atoms with van der Waals surface area (Å²) in [4.78, 5) is 6.33. The lowest BCUT2D eigenvalue weighted by molar-refractivity contribution is 0.464. The molecule has 0 amide bonds. The largest absolute Gasteiger partial charge is 0.299 e. The Morgan fingerprint density at radius 3 is 2.94 bits per heavy atom. The molecule has 0 atom stereocenters. The van der Waals surface area contributed by atoms with Crippen LogP contribution in [0.5, 0.6) is 0 Å². The molecule has 1 aromatic heterocycles. The predicted octanol–water partition coefficient (Wildman–Crippen LogP) is 2.15.